The molecule has 0 spiro atoms. The number of nitrogens with one attached hydrogen (secondary N) is 1. The molecule has 3 aromatic rings. The number of ether oxygens (including phenoxy) is 1. The van der Waals surface area contributed by atoms with E-state index in [2.05, 4.69) is 25.7 Å². The van der Waals surface area contributed by atoms with Crippen molar-refractivity contribution in [1.82, 2.24) is 9.29 Å². The van der Waals surface area contributed by atoms with Crippen molar-refractivity contribution >= 4 is 36.9 Å². The molecule has 0 fully saturated rings. The summed E-state index contributed by atoms with van der Waals surface area (Å²) >= 11 is 3.07. The molecule has 0 aliphatic carbocycles. The molecule has 0 amide bonds. The summed E-state index contributed by atoms with van der Waals surface area (Å²) in [5, 5.41) is 1.03. The largest absolute Gasteiger partial charge is 0.573 e. The summed E-state index contributed by atoms with van der Waals surface area (Å²) in [6, 6.07) is 10.7. The van der Waals surface area contributed by atoms with E-state index in [9.17, 15) is 21.6 Å². The maximum atomic E-state index is 13.4. The van der Waals surface area contributed by atoms with Crippen LogP contribution < -0.4 is 4.74 Å². The molecule has 1 aromatic heterocycles. The van der Waals surface area contributed by atoms with Crippen LogP contribution >= 0.6 is 15.9 Å². The van der Waals surface area contributed by atoms with Crippen molar-refractivity contribution < 1.29 is 26.3 Å². The van der Waals surface area contributed by atoms with Gasteiger partial charge in [0.15, 0.2) is 5.75 Å². The molecule has 1 unspecified atom stereocenters. The molecule has 30 heavy (non-hydrogen) atoms. The van der Waals surface area contributed by atoms with Crippen LogP contribution in [0.15, 0.2) is 51.8 Å². The normalized spacial score (nSPS) is 17.8. The number of sulfonamides is 1. The number of benzene rings is 2. The zero-order valence-corrected chi connectivity index (χ0v) is 18.2. The zero-order valence-electron chi connectivity index (χ0n) is 15.8. The number of H-pyrrole nitrogens is 1. The van der Waals surface area contributed by atoms with Gasteiger partial charge in [0, 0.05) is 27.6 Å². The van der Waals surface area contributed by atoms with E-state index in [0.29, 0.717) is 12.8 Å². The smallest absolute Gasteiger partial charge is 0.404 e. The zero-order chi connectivity index (χ0) is 21.7. The predicted octanol–water partition coefficient (Wildman–Crippen LogP) is 5.53. The van der Waals surface area contributed by atoms with E-state index in [0.717, 1.165) is 34.3 Å². The minimum absolute atomic E-state index is 0.164. The molecule has 0 radical (unpaired) electrons. The first kappa shape index (κ1) is 21.2. The van der Waals surface area contributed by atoms with Crippen LogP contribution in [0.2, 0.25) is 0 Å². The van der Waals surface area contributed by atoms with Gasteiger partial charge in [-0.15, -0.1) is 13.2 Å². The van der Waals surface area contributed by atoms with Gasteiger partial charge in [-0.1, -0.05) is 41.1 Å². The molecule has 1 aliphatic rings. The molecule has 0 saturated carbocycles. The summed E-state index contributed by atoms with van der Waals surface area (Å²) in [5.41, 5.74) is 2.74. The molecule has 1 aliphatic heterocycles. The van der Waals surface area contributed by atoms with E-state index >= 15 is 0 Å². The number of aromatic amines is 1. The monoisotopic (exact) mass is 502 g/mol. The Bertz CT molecular complexity index is 1210. The average molecular weight is 503 g/mol. The second-order valence-corrected chi connectivity index (χ2v) is 9.77. The Labute approximate surface area is 180 Å². The Morgan fingerprint density at radius 1 is 1.23 bits per heavy atom. The minimum atomic E-state index is -5.01. The van der Waals surface area contributed by atoms with Crippen molar-refractivity contribution in [3.8, 4) is 5.75 Å². The molecular formula is C20H18BrF3N2O3S. The Morgan fingerprint density at radius 2 is 1.97 bits per heavy atom. The van der Waals surface area contributed by atoms with Gasteiger partial charge in [0.2, 0.25) is 10.0 Å². The van der Waals surface area contributed by atoms with E-state index in [1.165, 1.54) is 10.4 Å². The van der Waals surface area contributed by atoms with E-state index in [1.807, 2.05) is 31.2 Å². The van der Waals surface area contributed by atoms with Crippen LogP contribution in [-0.2, 0) is 16.4 Å². The summed E-state index contributed by atoms with van der Waals surface area (Å²) < 4.78 is 71.1. The number of aromatic nitrogens is 1. The summed E-state index contributed by atoms with van der Waals surface area (Å²) in [5.74, 6) is -0.755. The molecule has 1 N–H and O–H groups in total. The van der Waals surface area contributed by atoms with Gasteiger partial charge in [-0.3, -0.25) is 0 Å². The lowest BCUT2D eigenvalue weighted by Crippen LogP contribution is -2.40. The molecule has 160 valence electrons. The predicted molar refractivity (Wildman–Crippen MR) is 110 cm³/mol. The molecule has 2 aromatic carbocycles. The van der Waals surface area contributed by atoms with Gasteiger partial charge in [0.1, 0.15) is 4.90 Å². The van der Waals surface area contributed by atoms with Gasteiger partial charge in [-0.05, 0) is 42.7 Å². The highest BCUT2D eigenvalue weighted by atomic mass is 79.9. The lowest BCUT2D eigenvalue weighted by Gasteiger charge is -2.34. The van der Waals surface area contributed by atoms with Gasteiger partial charge in [0.05, 0.1) is 6.04 Å². The fourth-order valence-corrected chi connectivity index (χ4v) is 6.13. The second kappa shape index (κ2) is 7.58. The maximum Gasteiger partial charge on any atom is 0.573 e. The first-order chi connectivity index (χ1) is 14.1. The third kappa shape index (κ3) is 3.72. The van der Waals surface area contributed by atoms with Crippen molar-refractivity contribution in [3.63, 3.8) is 0 Å². The summed E-state index contributed by atoms with van der Waals surface area (Å²) in [7, 11) is -4.26. The quantitative estimate of drug-likeness (QED) is 0.510. The lowest BCUT2D eigenvalue weighted by molar-refractivity contribution is -0.275. The van der Waals surface area contributed by atoms with Crippen LogP contribution in [0.4, 0.5) is 13.2 Å². The Kier molecular flexibility index (Phi) is 5.36. The number of nitrogens with zero attached hydrogens (tertiary/aromatic N) is 1. The van der Waals surface area contributed by atoms with E-state index in [-0.39, 0.29) is 11.0 Å². The summed E-state index contributed by atoms with van der Waals surface area (Å²) in [6.45, 7) is 2.01. The van der Waals surface area contributed by atoms with Gasteiger partial charge < -0.3 is 9.72 Å². The van der Waals surface area contributed by atoms with Gasteiger partial charge in [-0.25, -0.2) is 8.42 Å². The van der Waals surface area contributed by atoms with Crippen molar-refractivity contribution in [2.75, 3.05) is 6.54 Å². The molecule has 5 nitrogen and oxygen atoms in total. The first-order valence-electron chi connectivity index (χ1n) is 9.28. The molecule has 10 heteroatoms. The number of halogens is 4. The number of hydrogen-bond donors (Lipinski definition) is 1. The molecule has 1 atom stereocenters. The highest BCUT2D eigenvalue weighted by molar-refractivity contribution is 9.10. The van der Waals surface area contributed by atoms with Crippen LogP contribution in [0.25, 0.3) is 10.9 Å². The SMILES string of the molecule is CCC1c2[nH]c3ccccc3c2CCN1S(=O)(=O)c1ccc(Br)cc1OC(F)(F)F. The summed E-state index contributed by atoms with van der Waals surface area (Å²) in [4.78, 5) is 2.79. The third-order valence-electron chi connectivity index (χ3n) is 5.21. The number of rotatable bonds is 4. The number of hydrogen-bond acceptors (Lipinski definition) is 3. The number of para-hydroxylation sites is 1. The Balaban J connectivity index is 1.80. The fraction of sp³-hybridized carbons (Fsp3) is 0.300. The maximum absolute atomic E-state index is 13.4. The van der Waals surface area contributed by atoms with Gasteiger partial charge >= 0.3 is 6.36 Å². The second-order valence-electron chi connectivity index (χ2n) is 6.99. The molecular weight excluding hydrogens is 485 g/mol. The van der Waals surface area contributed by atoms with Gasteiger partial charge in [0.25, 0.3) is 0 Å². The first-order valence-corrected chi connectivity index (χ1v) is 11.5. The lowest BCUT2D eigenvalue weighted by atomic mass is 9.98. The molecule has 0 saturated heterocycles. The van der Waals surface area contributed by atoms with E-state index in [1.54, 1.807) is 0 Å². The molecule has 0 bridgehead atoms. The van der Waals surface area contributed by atoms with Crippen LogP contribution in [0.3, 0.4) is 0 Å². The topological polar surface area (TPSA) is 62.4 Å². The fourth-order valence-electron chi connectivity index (χ4n) is 4.02. The van der Waals surface area contributed by atoms with Crippen LogP contribution in [0.5, 0.6) is 5.75 Å². The van der Waals surface area contributed by atoms with E-state index < -0.39 is 33.1 Å². The average Bonchev–Trinajstić information content (AvgIpc) is 3.04. The highest BCUT2D eigenvalue weighted by Gasteiger charge is 2.40. The molecule has 2 heterocycles. The van der Waals surface area contributed by atoms with Crippen molar-refractivity contribution in [2.24, 2.45) is 0 Å². The Morgan fingerprint density at radius 3 is 2.67 bits per heavy atom. The van der Waals surface area contributed by atoms with Crippen molar-refractivity contribution in [2.45, 2.75) is 37.1 Å². The van der Waals surface area contributed by atoms with Crippen LogP contribution in [0.1, 0.15) is 30.6 Å². The van der Waals surface area contributed by atoms with Crippen molar-refractivity contribution in [1.29, 1.82) is 0 Å². The number of alkyl halides is 3. The Hall–Kier alpha value is -2.04. The van der Waals surface area contributed by atoms with Crippen molar-refractivity contribution in [3.05, 3.63) is 58.2 Å². The number of fused-ring (bicyclic) bond motifs is 3. The van der Waals surface area contributed by atoms with Gasteiger partial charge in [-0.2, -0.15) is 4.31 Å². The standard InChI is InChI=1S/C20H18BrF3N2O3S/c1-2-16-19-14(13-5-3-4-6-15(13)25-19)9-10-26(16)30(27,28)18-8-7-12(21)11-17(18)29-20(22,23)24/h3-8,11,16,25H,2,9-10H2,1H3. The van der Waals surface area contributed by atoms with Crippen LogP contribution in [0, 0.1) is 0 Å². The summed E-state index contributed by atoms with van der Waals surface area (Å²) in [6.07, 6.45) is -4.09. The van der Waals surface area contributed by atoms with Crippen LogP contribution in [-0.4, -0.2) is 30.6 Å². The highest BCUT2D eigenvalue weighted by Crippen LogP contribution is 2.41. The van der Waals surface area contributed by atoms with E-state index in [4.69, 9.17) is 0 Å². The third-order valence-corrected chi connectivity index (χ3v) is 7.66. The minimum Gasteiger partial charge on any atom is -0.404 e. The molecule has 4 rings (SSSR count).